The van der Waals surface area contributed by atoms with E-state index in [-0.39, 0.29) is 18.9 Å². The lowest BCUT2D eigenvalue weighted by atomic mass is 10.1. The minimum atomic E-state index is -0.985. The summed E-state index contributed by atoms with van der Waals surface area (Å²) in [4.78, 5) is 24.4. The molecule has 0 spiro atoms. The molecule has 0 bridgehead atoms. The van der Waals surface area contributed by atoms with E-state index in [4.69, 9.17) is 26.2 Å². The van der Waals surface area contributed by atoms with Crippen LogP contribution in [-0.2, 0) is 9.59 Å². The quantitative estimate of drug-likeness (QED) is 0.917. The van der Waals surface area contributed by atoms with Crippen LogP contribution in [0.3, 0.4) is 0 Å². The van der Waals surface area contributed by atoms with Gasteiger partial charge in [-0.05, 0) is 0 Å². The molecule has 1 heterocycles. The van der Waals surface area contributed by atoms with Gasteiger partial charge in [0.1, 0.15) is 11.5 Å². The number of methoxy groups -OCH3 is 2. The van der Waals surface area contributed by atoms with Gasteiger partial charge in [-0.15, -0.1) is 0 Å². The zero-order chi connectivity index (χ0) is 14.9. The molecule has 1 saturated heterocycles. The predicted octanol–water partition coefficient (Wildman–Crippen LogP) is 1.79. The SMILES string of the molecule is COc1cc(N2C[C@H](C(=O)O)CC2=O)c(OC)cc1Cl. The molecular formula is C13H14ClNO5. The van der Waals surface area contributed by atoms with Crippen molar-refractivity contribution in [3.05, 3.63) is 17.2 Å². The van der Waals surface area contributed by atoms with E-state index in [1.807, 2.05) is 0 Å². The summed E-state index contributed by atoms with van der Waals surface area (Å²) in [6, 6.07) is 3.11. The van der Waals surface area contributed by atoms with Gasteiger partial charge in [-0.1, -0.05) is 11.6 Å². The van der Waals surface area contributed by atoms with Crippen molar-refractivity contribution in [2.24, 2.45) is 5.92 Å². The minimum Gasteiger partial charge on any atom is -0.495 e. The van der Waals surface area contributed by atoms with Crippen LogP contribution in [0.5, 0.6) is 11.5 Å². The number of aliphatic carboxylic acids is 1. The van der Waals surface area contributed by atoms with Gasteiger partial charge in [-0.2, -0.15) is 0 Å². The molecular weight excluding hydrogens is 286 g/mol. The standard InChI is InChI=1S/C13H14ClNO5/c1-19-10-5-9(11(20-2)4-8(10)14)15-6-7(13(17)18)3-12(15)16/h4-5,7H,3,6H2,1-2H3,(H,17,18)/t7-/m1/s1. The number of rotatable bonds is 4. The van der Waals surface area contributed by atoms with E-state index in [9.17, 15) is 9.59 Å². The van der Waals surface area contributed by atoms with Gasteiger partial charge in [-0.25, -0.2) is 0 Å². The van der Waals surface area contributed by atoms with Crippen molar-refractivity contribution in [3.63, 3.8) is 0 Å². The lowest BCUT2D eigenvalue weighted by molar-refractivity contribution is -0.141. The Morgan fingerprint density at radius 3 is 2.50 bits per heavy atom. The molecule has 108 valence electrons. The largest absolute Gasteiger partial charge is 0.495 e. The van der Waals surface area contributed by atoms with E-state index < -0.39 is 11.9 Å². The summed E-state index contributed by atoms with van der Waals surface area (Å²) in [5.74, 6) is -1.17. The first-order valence-electron chi connectivity index (χ1n) is 5.92. The number of hydrogen-bond acceptors (Lipinski definition) is 4. The fourth-order valence-electron chi connectivity index (χ4n) is 2.16. The van der Waals surface area contributed by atoms with Crippen LogP contribution in [-0.4, -0.2) is 37.7 Å². The summed E-state index contributed by atoms with van der Waals surface area (Å²) in [5.41, 5.74) is 0.461. The number of carbonyl (C=O) groups excluding carboxylic acids is 1. The normalized spacial score (nSPS) is 18.2. The van der Waals surface area contributed by atoms with Crippen LogP contribution in [0.15, 0.2) is 12.1 Å². The van der Waals surface area contributed by atoms with Crippen LogP contribution in [0.2, 0.25) is 5.02 Å². The van der Waals surface area contributed by atoms with E-state index in [0.717, 1.165) is 0 Å². The summed E-state index contributed by atoms with van der Waals surface area (Å²) in [6.45, 7) is 0.106. The van der Waals surface area contributed by atoms with E-state index in [2.05, 4.69) is 0 Å². The van der Waals surface area contributed by atoms with E-state index in [1.54, 1.807) is 6.07 Å². The average Bonchev–Trinajstić information content (AvgIpc) is 2.80. The first kappa shape index (κ1) is 14.5. The Balaban J connectivity index is 2.41. The van der Waals surface area contributed by atoms with E-state index >= 15 is 0 Å². The lowest BCUT2D eigenvalue weighted by Gasteiger charge is -2.20. The number of carboxylic acid groups (broad SMARTS) is 1. The summed E-state index contributed by atoms with van der Waals surface area (Å²) in [5, 5.41) is 9.37. The number of amides is 1. The van der Waals surface area contributed by atoms with Crippen molar-refractivity contribution in [2.75, 3.05) is 25.7 Å². The van der Waals surface area contributed by atoms with Gasteiger partial charge < -0.3 is 19.5 Å². The fraction of sp³-hybridized carbons (Fsp3) is 0.385. The van der Waals surface area contributed by atoms with Gasteiger partial charge in [0.25, 0.3) is 0 Å². The average molecular weight is 300 g/mol. The monoisotopic (exact) mass is 299 g/mol. The van der Waals surface area contributed by atoms with Gasteiger partial charge in [0.15, 0.2) is 0 Å². The third kappa shape index (κ3) is 2.51. The maximum absolute atomic E-state index is 12.0. The van der Waals surface area contributed by atoms with Crippen LogP contribution < -0.4 is 14.4 Å². The molecule has 7 heteroatoms. The topological polar surface area (TPSA) is 76.1 Å². The Kier molecular flexibility index (Phi) is 4.04. The number of hydrogen-bond donors (Lipinski definition) is 1. The van der Waals surface area contributed by atoms with Crippen LogP contribution in [0.4, 0.5) is 5.69 Å². The highest BCUT2D eigenvalue weighted by Gasteiger charge is 2.36. The highest BCUT2D eigenvalue weighted by Crippen LogP contribution is 2.40. The minimum absolute atomic E-state index is 0.0244. The molecule has 0 aliphatic carbocycles. The highest BCUT2D eigenvalue weighted by atomic mass is 35.5. The first-order valence-corrected chi connectivity index (χ1v) is 6.30. The maximum Gasteiger partial charge on any atom is 0.308 e. The Hall–Kier alpha value is -1.95. The molecule has 1 fully saturated rings. The summed E-state index contributed by atoms with van der Waals surface area (Å²) < 4.78 is 10.3. The molecule has 1 N–H and O–H groups in total. The fourth-order valence-corrected chi connectivity index (χ4v) is 2.39. The zero-order valence-electron chi connectivity index (χ0n) is 11.1. The predicted molar refractivity (Wildman–Crippen MR) is 72.7 cm³/mol. The highest BCUT2D eigenvalue weighted by molar-refractivity contribution is 6.32. The number of ether oxygens (including phenoxy) is 2. The molecule has 1 aromatic carbocycles. The Morgan fingerprint density at radius 2 is 2.00 bits per heavy atom. The van der Waals surface area contributed by atoms with Crippen molar-refractivity contribution in [2.45, 2.75) is 6.42 Å². The second-order valence-corrected chi connectivity index (χ2v) is 4.81. The molecule has 6 nitrogen and oxygen atoms in total. The second kappa shape index (κ2) is 5.58. The van der Waals surface area contributed by atoms with Crippen LogP contribution >= 0.6 is 11.6 Å². The van der Waals surface area contributed by atoms with Crippen molar-refractivity contribution >= 4 is 29.2 Å². The van der Waals surface area contributed by atoms with Crippen LogP contribution in [0, 0.1) is 5.92 Å². The Bertz CT molecular complexity index is 560. The van der Waals surface area contributed by atoms with Gasteiger partial charge in [0.2, 0.25) is 5.91 Å². The molecule has 2 rings (SSSR count). The number of carboxylic acids is 1. The molecule has 20 heavy (non-hydrogen) atoms. The lowest BCUT2D eigenvalue weighted by Crippen LogP contribution is -2.26. The van der Waals surface area contributed by atoms with Gasteiger partial charge >= 0.3 is 5.97 Å². The number of carbonyl (C=O) groups is 2. The number of benzene rings is 1. The van der Waals surface area contributed by atoms with Crippen molar-refractivity contribution in [3.8, 4) is 11.5 Å². The van der Waals surface area contributed by atoms with Crippen molar-refractivity contribution in [1.82, 2.24) is 0 Å². The molecule has 1 aliphatic rings. The third-order valence-corrected chi connectivity index (χ3v) is 3.51. The Labute approximate surface area is 120 Å². The van der Waals surface area contributed by atoms with Gasteiger partial charge in [0.05, 0.1) is 30.8 Å². The maximum atomic E-state index is 12.0. The van der Waals surface area contributed by atoms with E-state index in [0.29, 0.717) is 22.2 Å². The second-order valence-electron chi connectivity index (χ2n) is 4.40. The summed E-state index contributed by atoms with van der Waals surface area (Å²) in [6.07, 6.45) is -0.0244. The zero-order valence-corrected chi connectivity index (χ0v) is 11.8. The molecule has 1 amide bonds. The number of anilines is 1. The third-order valence-electron chi connectivity index (χ3n) is 3.22. The molecule has 0 radical (unpaired) electrons. The van der Waals surface area contributed by atoms with Crippen LogP contribution in [0.25, 0.3) is 0 Å². The van der Waals surface area contributed by atoms with E-state index in [1.165, 1.54) is 25.2 Å². The number of halogens is 1. The molecule has 0 saturated carbocycles. The molecule has 1 aliphatic heterocycles. The van der Waals surface area contributed by atoms with Gasteiger partial charge in [-0.3, -0.25) is 9.59 Å². The van der Waals surface area contributed by atoms with Crippen LogP contribution in [0.1, 0.15) is 6.42 Å². The summed E-state index contributed by atoms with van der Waals surface area (Å²) >= 11 is 6.00. The molecule has 0 unspecified atom stereocenters. The smallest absolute Gasteiger partial charge is 0.308 e. The Morgan fingerprint density at radius 1 is 1.35 bits per heavy atom. The number of nitrogens with zero attached hydrogens (tertiary/aromatic N) is 1. The molecule has 0 aromatic heterocycles. The van der Waals surface area contributed by atoms with Gasteiger partial charge in [0, 0.05) is 25.1 Å². The first-order chi connectivity index (χ1) is 9.47. The molecule has 1 aromatic rings. The molecule has 1 atom stereocenters. The van der Waals surface area contributed by atoms with Crippen molar-refractivity contribution < 1.29 is 24.2 Å². The summed E-state index contributed by atoms with van der Waals surface area (Å²) in [7, 11) is 2.92. The van der Waals surface area contributed by atoms with Crippen molar-refractivity contribution in [1.29, 1.82) is 0 Å².